The molecule has 0 aliphatic carbocycles. The van der Waals surface area contributed by atoms with E-state index in [0.29, 0.717) is 0 Å². The molecule has 7 heteroatoms. The van der Waals surface area contributed by atoms with Crippen molar-refractivity contribution in [3.05, 3.63) is 28.8 Å². The van der Waals surface area contributed by atoms with Crippen molar-refractivity contribution in [3.63, 3.8) is 0 Å². The standard InChI is InChI=1S/C10H8ClN3O2S/c1-14(5-4-12)17(15,16)10-3-2-8(7-13)6-9(10)11/h2-3,6H,5H2,1H3. The van der Waals surface area contributed by atoms with Gasteiger partial charge < -0.3 is 0 Å². The van der Waals surface area contributed by atoms with Crippen LogP contribution in [0, 0.1) is 22.7 Å². The van der Waals surface area contributed by atoms with Crippen molar-refractivity contribution >= 4 is 21.6 Å². The lowest BCUT2D eigenvalue weighted by Gasteiger charge is -2.14. The molecule has 0 aliphatic rings. The maximum Gasteiger partial charge on any atom is 0.245 e. The molecule has 0 fully saturated rings. The molecule has 0 amide bonds. The first-order valence-corrected chi connectivity index (χ1v) is 6.28. The first kappa shape index (κ1) is 13.5. The second-order valence-corrected chi connectivity index (χ2v) is 5.60. The van der Waals surface area contributed by atoms with E-state index in [1.165, 1.54) is 25.2 Å². The van der Waals surface area contributed by atoms with Crippen molar-refractivity contribution in [1.29, 1.82) is 10.5 Å². The summed E-state index contributed by atoms with van der Waals surface area (Å²) < 4.78 is 24.8. The Morgan fingerprint density at radius 2 is 2.06 bits per heavy atom. The van der Waals surface area contributed by atoms with Gasteiger partial charge in [-0.2, -0.15) is 14.8 Å². The molecule has 0 aliphatic heterocycles. The number of hydrogen-bond donors (Lipinski definition) is 0. The number of sulfonamides is 1. The minimum atomic E-state index is -3.79. The summed E-state index contributed by atoms with van der Waals surface area (Å²) in [5.74, 6) is 0. The van der Waals surface area contributed by atoms with E-state index in [9.17, 15) is 8.42 Å². The van der Waals surface area contributed by atoms with Crippen LogP contribution in [0.3, 0.4) is 0 Å². The zero-order chi connectivity index (χ0) is 13.1. The Balaban J connectivity index is 3.27. The van der Waals surface area contributed by atoms with E-state index in [1.54, 1.807) is 6.07 Å². The van der Waals surface area contributed by atoms with Gasteiger partial charge in [0.1, 0.15) is 11.4 Å². The van der Waals surface area contributed by atoms with Gasteiger partial charge >= 0.3 is 0 Å². The summed E-state index contributed by atoms with van der Waals surface area (Å²) in [5.41, 5.74) is 0.275. The summed E-state index contributed by atoms with van der Waals surface area (Å²) >= 11 is 5.80. The number of nitrogens with zero attached hydrogens (tertiary/aromatic N) is 3. The Labute approximate surface area is 105 Å². The quantitative estimate of drug-likeness (QED) is 0.776. The van der Waals surface area contributed by atoms with Gasteiger partial charge in [-0.05, 0) is 18.2 Å². The molecule has 88 valence electrons. The third kappa shape index (κ3) is 2.75. The van der Waals surface area contributed by atoms with Gasteiger partial charge in [0, 0.05) is 7.05 Å². The fourth-order valence-corrected chi connectivity index (χ4v) is 2.71. The van der Waals surface area contributed by atoms with E-state index in [-0.39, 0.29) is 22.0 Å². The summed E-state index contributed by atoms with van der Waals surface area (Å²) in [5, 5.41) is 17.1. The molecule has 0 radical (unpaired) electrons. The molecule has 0 unspecified atom stereocenters. The van der Waals surface area contributed by atoms with Crippen molar-refractivity contribution in [2.75, 3.05) is 13.6 Å². The summed E-state index contributed by atoms with van der Waals surface area (Å²) in [6.07, 6.45) is 0. The molecular weight excluding hydrogens is 262 g/mol. The van der Waals surface area contributed by atoms with E-state index in [4.69, 9.17) is 22.1 Å². The van der Waals surface area contributed by atoms with Crippen LogP contribution in [-0.2, 0) is 10.0 Å². The Kier molecular flexibility index (Phi) is 4.08. The third-order valence-electron chi connectivity index (χ3n) is 2.04. The van der Waals surface area contributed by atoms with Gasteiger partial charge in [0.2, 0.25) is 10.0 Å². The predicted molar refractivity (Wildman–Crippen MR) is 61.6 cm³/mol. The molecule has 0 atom stereocenters. The van der Waals surface area contributed by atoms with Crippen molar-refractivity contribution in [1.82, 2.24) is 4.31 Å². The lowest BCUT2D eigenvalue weighted by molar-refractivity contribution is 0.502. The van der Waals surface area contributed by atoms with Crippen LogP contribution >= 0.6 is 11.6 Å². The minimum Gasteiger partial charge on any atom is -0.207 e. The van der Waals surface area contributed by atoms with E-state index < -0.39 is 10.0 Å². The zero-order valence-electron chi connectivity index (χ0n) is 8.88. The maximum absolute atomic E-state index is 12.0. The molecule has 0 saturated carbocycles. The van der Waals surface area contributed by atoms with E-state index in [2.05, 4.69) is 0 Å². The average Bonchev–Trinajstić information content (AvgIpc) is 2.28. The van der Waals surface area contributed by atoms with Crippen LogP contribution in [0.1, 0.15) is 5.56 Å². The van der Waals surface area contributed by atoms with Gasteiger partial charge in [-0.1, -0.05) is 11.6 Å². The van der Waals surface area contributed by atoms with Gasteiger partial charge in [0.25, 0.3) is 0 Å². The van der Waals surface area contributed by atoms with E-state index >= 15 is 0 Å². The van der Waals surface area contributed by atoms with Crippen molar-refractivity contribution in [2.45, 2.75) is 4.90 Å². The highest BCUT2D eigenvalue weighted by Gasteiger charge is 2.23. The summed E-state index contributed by atoms with van der Waals surface area (Å²) in [7, 11) is -2.50. The molecular formula is C10H8ClN3O2S. The average molecular weight is 270 g/mol. The highest BCUT2D eigenvalue weighted by Crippen LogP contribution is 2.24. The van der Waals surface area contributed by atoms with Crippen LogP contribution in [0.4, 0.5) is 0 Å². The molecule has 0 spiro atoms. The Morgan fingerprint density at radius 3 is 2.53 bits per heavy atom. The molecule has 0 bridgehead atoms. The van der Waals surface area contributed by atoms with Gasteiger partial charge in [-0.25, -0.2) is 8.42 Å². The SMILES string of the molecule is CN(CC#N)S(=O)(=O)c1ccc(C#N)cc1Cl. The Bertz CT molecular complexity index is 613. The highest BCUT2D eigenvalue weighted by molar-refractivity contribution is 7.89. The second-order valence-electron chi connectivity index (χ2n) is 3.18. The van der Waals surface area contributed by atoms with Gasteiger partial charge in [0.05, 0.1) is 22.7 Å². The zero-order valence-corrected chi connectivity index (χ0v) is 10.5. The molecule has 0 N–H and O–H groups in total. The monoisotopic (exact) mass is 269 g/mol. The topological polar surface area (TPSA) is 85.0 Å². The first-order chi connectivity index (χ1) is 7.93. The minimum absolute atomic E-state index is 0.0335. The molecule has 1 aromatic rings. The fraction of sp³-hybridized carbons (Fsp3) is 0.200. The van der Waals surface area contributed by atoms with Crippen LogP contribution in [0.25, 0.3) is 0 Å². The van der Waals surface area contributed by atoms with Crippen molar-refractivity contribution < 1.29 is 8.42 Å². The normalized spacial score (nSPS) is 10.9. The number of halogens is 1. The van der Waals surface area contributed by atoms with Crippen LogP contribution in [0.2, 0.25) is 5.02 Å². The van der Waals surface area contributed by atoms with E-state index in [0.717, 1.165) is 4.31 Å². The lowest BCUT2D eigenvalue weighted by atomic mass is 10.2. The van der Waals surface area contributed by atoms with Gasteiger partial charge in [-0.3, -0.25) is 0 Å². The number of nitriles is 2. The number of benzene rings is 1. The highest BCUT2D eigenvalue weighted by atomic mass is 35.5. The fourth-order valence-electron chi connectivity index (χ4n) is 1.13. The third-order valence-corrected chi connectivity index (χ3v) is 4.33. The molecule has 5 nitrogen and oxygen atoms in total. The smallest absolute Gasteiger partial charge is 0.207 e. The maximum atomic E-state index is 12.0. The number of hydrogen-bond acceptors (Lipinski definition) is 4. The van der Waals surface area contributed by atoms with Crippen molar-refractivity contribution in [3.8, 4) is 12.1 Å². The van der Waals surface area contributed by atoms with Crippen LogP contribution < -0.4 is 0 Å². The van der Waals surface area contributed by atoms with Crippen molar-refractivity contribution in [2.24, 2.45) is 0 Å². The molecule has 1 rings (SSSR count). The largest absolute Gasteiger partial charge is 0.245 e. The lowest BCUT2D eigenvalue weighted by Crippen LogP contribution is -2.27. The second kappa shape index (κ2) is 5.15. The molecule has 0 heterocycles. The van der Waals surface area contributed by atoms with Crippen LogP contribution in [0.5, 0.6) is 0 Å². The molecule has 0 saturated heterocycles. The van der Waals surface area contributed by atoms with Crippen LogP contribution in [-0.4, -0.2) is 26.3 Å². The Morgan fingerprint density at radius 1 is 1.41 bits per heavy atom. The first-order valence-electron chi connectivity index (χ1n) is 4.46. The van der Waals surface area contributed by atoms with Gasteiger partial charge in [-0.15, -0.1) is 0 Å². The summed E-state index contributed by atoms with van der Waals surface area (Å²) in [6.45, 7) is -0.265. The Hall–Kier alpha value is -1.60. The summed E-state index contributed by atoms with van der Waals surface area (Å²) in [4.78, 5) is -0.115. The van der Waals surface area contributed by atoms with Gasteiger partial charge in [0.15, 0.2) is 0 Å². The van der Waals surface area contributed by atoms with E-state index in [1.807, 2.05) is 6.07 Å². The van der Waals surface area contributed by atoms with Crippen LogP contribution in [0.15, 0.2) is 23.1 Å². The summed E-state index contributed by atoms with van der Waals surface area (Å²) in [6, 6.07) is 7.48. The molecule has 1 aromatic carbocycles. The number of rotatable bonds is 3. The predicted octanol–water partition coefficient (Wildman–Crippen LogP) is 1.36. The molecule has 17 heavy (non-hydrogen) atoms. The molecule has 0 aromatic heterocycles.